The number of carbonyl (C=O) groups excluding carboxylic acids is 4. The molecule has 4 amide bonds. The molecule has 2 aliphatic heterocycles. The molecule has 1 aromatic carbocycles. The highest BCUT2D eigenvalue weighted by Gasteiger charge is 2.62. The fourth-order valence-electron chi connectivity index (χ4n) is 9.45. The molecule has 7 atom stereocenters. The molecule has 19 heteroatoms. The van der Waals surface area contributed by atoms with Gasteiger partial charge in [-0.2, -0.15) is 4.98 Å². The standard InChI is InChI=1S/C41H52N6O11S2/c1-3-26-22-41(26,38(51)45-60(55,56)28-15-16-28)44-35(48)32-20-27-23-47(32)37(50)34(25-11-6-7-12-25)43-40(52)58-33-14-9-13-24(33)10-5-4-8-19-46-36(49)30-18-17-29(59(2,53)54)21-31(30)42-39(46)57-27/h3-4,8,17-18,21,24-28,32-34H,1,5-7,9-16,19-20,22-23H2,2H3,(H,43,52)(H,44,48)(H,45,51)/b8-4+/t24-,26-,27-,32+,33-,34+,41-/m1/s1. The van der Waals surface area contributed by atoms with Crippen LogP contribution >= 0.6 is 0 Å². The van der Waals surface area contributed by atoms with Crippen molar-refractivity contribution in [2.75, 3.05) is 12.8 Å². The summed E-state index contributed by atoms with van der Waals surface area (Å²) in [5.41, 5.74) is -2.04. The maximum atomic E-state index is 14.9. The molecule has 1 aromatic heterocycles. The summed E-state index contributed by atoms with van der Waals surface area (Å²) in [5.74, 6) is -2.93. The first kappa shape index (κ1) is 41.9. The molecule has 17 nitrogen and oxygen atoms in total. The second-order valence-electron chi connectivity index (χ2n) is 17.3. The predicted molar refractivity (Wildman–Crippen MR) is 218 cm³/mol. The lowest BCUT2D eigenvalue weighted by molar-refractivity contribution is -0.142. The van der Waals surface area contributed by atoms with E-state index in [1.54, 1.807) is 6.08 Å². The van der Waals surface area contributed by atoms with Crippen LogP contribution in [0, 0.1) is 17.8 Å². The largest absolute Gasteiger partial charge is 0.459 e. The first-order valence-electron chi connectivity index (χ1n) is 20.9. The highest BCUT2D eigenvalue weighted by Crippen LogP contribution is 2.46. The van der Waals surface area contributed by atoms with Gasteiger partial charge in [0.2, 0.25) is 21.8 Å². The van der Waals surface area contributed by atoms with Gasteiger partial charge in [-0.1, -0.05) is 31.1 Å². The van der Waals surface area contributed by atoms with Crippen LogP contribution in [0.25, 0.3) is 10.9 Å². The Balaban J connectivity index is 1.17. The molecule has 8 rings (SSSR count). The molecular formula is C41H52N6O11S2. The van der Waals surface area contributed by atoms with Crippen LogP contribution in [0.1, 0.15) is 83.5 Å². The summed E-state index contributed by atoms with van der Waals surface area (Å²) >= 11 is 0. The maximum absolute atomic E-state index is 14.9. The molecule has 324 valence electrons. The molecule has 60 heavy (non-hydrogen) atoms. The second-order valence-corrected chi connectivity index (χ2v) is 21.3. The van der Waals surface area contributed by atoms with Gasteiger partial charge in [-0.05, 0) is 94.2 Å². The zero-order valence-electron chi connectivity index (χ0n) is 33.5. The van der Waals surface area contributed by atoms with Gasteiger partial charge in [-0.15, -0.1) is 6.58 Å². The Morgan fingerprint density at radius 3 is 2.42 bits per heavy atom. The molecular weight excluding hydrogens is 817 g/mol. The molecule has 5 fully saturated rings. The van der Waals surface area contributed by atoms with Gasteiger partial charge in [-0.25, -0.2) is 21.6 Å². The Hall–Kier alpha value is -4.78. The van der Waals surface area contributed by atoms with Crippen molar-refractivity contribution in [2.24, 2.45) is 17.8 Å². The lowest BCUT2D eigenvalue weighted by Gasteiger charge is -2.32. The molecule has 6 aliphatic rings. The summed E-state index contributed by atoms with van der Waals surface area (Å²) in [6, 6.07) is 1.59. The van der Waals surface area contributed by atoms with Gasteiger partial charge >= 0.3 is 6.09 Å². The molecule has 4 aliphatic carbocycles. The normalized spacial score (nSPS) is 30.8. The van der Waals surface area contributed by atoms with Gasteiger partial charge in [0, 0.05) is 25.1 Å². The van der Waals surface area contributed by atoms with E-state index in [4.69, 9.17) is 9.47 Å². The van der Waals surface area contributed by atoms with Crippen molar-refractivity contribution in [1.29, 1.82) is 0 Å². The molecule has 3 heterocycles. The van der Waals surface area contributed by atoms with Crippen molar-refractivity contribution in [2.45, 2.75) is 130 Å². The molecule has 0 spiro atoms. The number of allylic oxidation sites excluding steroid dienone is 2. The third-order valence-corrected chi connectivity index (χ3v) is 16.0. The first-order chi connectivity index (χ1) is 28.6. The third kappa shape index (κ3) is 8.43. The van der Waals surface area contributed by atoms with Crippen LogP contribution in [0.2, 0.25) is 0 Å². The Bertz CT molecular complexity index is 2410. The predicted octanol–water partition coefficient (Wildman–Crippen LogP) is 2.62. The lowest BCUT2D eigenvalue weighted by Crippen LogP contribution is -2.59. The molecule has 0 radical (unpaired) electrons. The number of sulfone groups is 1. The Kier molecular flexibility index (Phi) is 11.4. The third-order valence-electron chi connectivity index (χ3n) is 13.1. The van der Waals surface area contributed by atoms with Crippen molar-refractivity contribution in [1.82, 2.24) is 29.8 Å². The van der Waals surface area contributed by atoms with Gasteiger partial charge in [0.1, 0.15) is 29.8 Å². The number of nitrogens with one attached hydrogen (secondary N) is 3. The molecule has 0 unspecified atom stereocenters. The highest BCUT2D eigenvalue weighted by atomic mass is 32.2. The summed E-state index contributed by atoms with van der Waals surface area (Å²) < 4.78 is 66.5. The minimum atomic E-state index is -3.96. The molecule has 1 saturated heterocycles. The van der Waals surface area contributed by atoms with Crippen molar-refractivity contribution in [3.05, 3.63) is 53.4 Å². The number of nitrogens with zero attached hydrogens (tertiary/aromatic N) is 3. The van der Waals surface area contributed by atoms with Crippen molar-refractivity contribution >= 4 is 54.6 Å². The summed E-state index contributed by atoms with van der Waals surface area (Å²) in [6.45, 7) is 3.64. The van der Waals surface area contributed by atoms with Crippen LogP contribution in [0.5, 0.6) is 6.01 Å². The summed E-state index contributed by atoms with van der Waals surface area (Å²) in [6.07, 6.45) is 11.9. The van der Waals surface area contributed by atoms with Gasteiger partial charge < -0.3 is 25.0 Å². The SMILES string of the molecule is C=C[C@@H]1C[C@]1(NC(=O)[C@@H]1C[C@@H]2CN1C(=O)[C@H](C1CCCC1)NC(=O)O[C@@H]1CCC[C@H]1CC/C=C/Cn1c(nc3cc(S(C)(=O)=O)ccc3c1=O)O2)C(=O)NS(=O)(=O)C1CC1. The monoisotopic (exact) mass is 868 g/mol. The van der Waals surface area contributed by atoms with Crippen molar-refractivity contribution in [3.8, 4) is 6.01 Å². The summed E-state index contributed by atoms with van der Waals surface area (Å²) in [4.78, 5) is 76.6. The van der Waals surface area contributed by atoms with Crippen LogP contribution in [0.4, 0.5) is 4.79 Å². The van der Waals surface area contributed by atoms with Crippen molar-refractivity contribution in [3.63, 3.8) is 0 Å². The number of alkyl carbamates (subject to hydrolysis) is 1. The summed E-state index contributed by atoms with van der Waals surface area (Å²) in [7, 11) is -7.62. The van der Waals surface area contributed by atoms with E-state index < -0.39 is 84.1 Å². The van der Waals surface area contributed by atoms with E-state index >= 15 is 0 Å². The first-order valence-corrected chi connectivity index (χ1v) is 24.4. The van der Waals surface area contributed by atoms with Gasteiger partial charge in [-0.3, -0.25) is 28.5 Å². The molecule has 2 bridgehead atoms. The second kappa shape index (κ2) is 16.2. The molecule has 3 N–H and O–H groups in total. The topological polar surface area (TPSA) is 229 Å². The van der Waals surface area contributed by atoms with E-state index in [-0.39, 0.29) is 65.7 Å². The highest BCUT2D eigenvalue weighted by molar-refractivity contribution is 7.91. The molecule has 2 aromatic rings. The quantitative estimate of drug-likeness (QED) is 0.326. The number of hydrogen-bond donors (Lipinski definition) is 3. The van der Waals surface area contributed by atoms with Crippen LogP contribution < -0.4 is 25.7 Å². The number of amides is 4. The Morgan fingerprint density at radius 2 is 1.72 bits per heavy atom. The lowest BCUT2D eigenvalue weighted by atomic mass is 9.96. The van der Waals surface area contributed by atoms with Gasteiger partial charge in [0.15, 0.2) is 9.84 Å². The minimum Gasteiger partial charge on any atom is -0.459 e. The average Bonchev–Trinajstić information content (AvgIpc) is 3.99. The van der Waals surface area contributed by atoms with Crippen LogP contribution in [0.15, 0.2) is 52.7 Å². The number of benzene rings is 1. The van der Waals surface area contributed by atoms with E-state index in [1.807, 2.05) is 6.08 Å². The van der Waals surface area contributed by atoms with Gasteiger partial charge in [0.25, 0.3) is 17.5 Å². The minimum absolute atomic E-state index is 0.0451. The Morgan fingerprint density at radius 1 is 0.967 bits per heavy atom. The summed E-state index contributed by atoms with van der Waals surface area (Å²) in [5, 5.41) is 5.14. The zero-order chi connectivity index (χ0) is 42.6. The maximum Gasteiger partial charge on any atom is 0.408 e. The van der Waals surface area contributed by atoms with Gasteiger partial charge in [0.05, 0.1) is 27.6 Å². The average molecular weight is 869 g/mol. The van der Waals surface area contributed by atoms with E-state index in [0.717, 1.165) is 38.4 Å². The van der Waals surface area contributed by atoms with Crippen LogP contribution in [-0.4, -0.2) is 103 Å². The Labute approximate surface area is 348 Å². The number of ether oxygens (including phenoxy) is 2. The number of rotatable bonds is 8. The van der Waals surface area contributed by atoms with E-state index in [9.17, 15) is 40.8 Å². The van der Waals surface area contributed by atoms with Crippen molar-refractivity contribution < 1.29 is 45.5 Å². The molecule has 4 saturated carbocycles. The van der Waals surface area contributed by atoms with E-state index in [2.05, 4.69) is 26.9 Å². The number of fused-ring (bicyclic) bond motifs is 5. The number of hydrogen-bond acceptors (Lipinski definition) is 12. The number of aromatic nitrogens is 2. The van der Waals surface area contributed by atoms with E-state index in [1.165, 1.54) is 33.7 Å². The number of carbonyl (C=O) groups is 4. The van der Waals surface area contributed by atoms with E-state index in [0.29, 0.717) is 38.5 Å². The fraction of sp³-hybridized carbons (Fsp3) is 0.610. The smallest absolute Gasteiger partial charge is 0.408 e. The number of sulfonamides is 1. The fourth-order valence-corrected chi connectivity index (χ4v) is 11.5. The zero-order valence-corrected chi connectivity index (χ0v) is 35.2. The van der Waals surface area contributed by atoms with Crippen LogP contribution in [-0.2, 0) is 45.5 Å². The van der Waals surface area contributed by atoms with Crippen LogP contribution in [0.3, 0.4) is 0 Å².